The largest absolute Gasteiger partial charge is 0.332 e. The number of nitrogens with zero attached hydrogens (tertiary/aromatic N) is 1. The molecule has 0 N–H and O–H groups in total. The summed E-state index contributed by atoms with van der Waals surface area (Å²) >= 11 is 3.27. The van der Waals surface area contributed by atoms with Crippen molar-refractivity contribution in [1.29, 1.82) is 0 Å². The van der Waals surface area contributed by atoms with Gasteiger partial charge >= 0.3 is 0 Å². The molecule has 0 bridgehead atoms. The fourth-order valence-electron chi connectivity index (χ4n) is 2.48. The highest BCUT2D eigenvalue weighted by Gasteiger charge is 2.17. The number of benzene rings is 1. The van der Waals surface area contributed by atoms with Crippen LogP contribution in [0.25, 0.3) is 0 Å². The molecule has 2 heterocycles. The van der Waals surface area contributed by atoms with Crippen LogP contribution in [0.15, 0.2) is 60.0 Å². The summed E-state index contributed by atoms with van der Waals surface area (Å²) in [6.07, 6.45) is 0.877. The lowest BCUT2D eigenvalue weighted by molar-refractivity contribution is 0.0751. The third kappa shape index (κ3) is 4.30. The molecule has 0 spiro atoms. The van der Waals surface area contributed by atoms with Crippen LogP contribution >= 0.6 is 22.7 Å². The Hall–Kier alpha value is -1.91. The standard InChI is InChI=1S/C19H19NOS2/c1-15-9-10-17(23-15)14-20(19(21)18-8-5-13-22-18)12-11-16-6-3-2-4-7-16/h2-10,13H,11-12,14H2,1H3. The van der Waals surface area contributed by atoms with Crippen molar-refractivity contribution in [3.8, 4) is 0 Å². The summed E-state index contributed by atoms with van der Waals surface area (Å²) in [5, 5.41) is 1.96. The molecule has 0 fully saturated rings. The number of hydrogen-bond acceptors (Lipinski definition) is 3. The molecule has 4 heteroatoms. The highest BCUT2D eigenvalue weighted by molar-refractivity contribution is 7.12. The summed E-state index contributed by atoms with van der Waals surface area (Å²) in [6.45, 7) is 3.52. The second-order valence-corrected chi connectivity index (χ2v) is 7.77. The van der Waals surface area contributed by atoms with Crippen LogP contribution in [0.4, 0.5) is 0 Å². The average Bonchev–Trinajstić information content (AvgIpc) is 3.23. The zero-order valence-electron chi connectivity index (χ0n) is 13.1. The first-order chi connectivity index (χ1) is 11.2. The summed E-state index contributed by atoms with van der Waals surface area (Å²) < 4.78 is 0. The smallest absolute Gasteiger partial charge is 0.264 e. The average molecular weight is 342 g/mol. The molecule has 0 saturated heterocycles. The van der Waals surface area contributed by atoms with Gasteiger partial charge in [-0.05, 0) is 42.5 Å². The molecule has 118 valence electrons. The van der Waals surface area contributed by atoms with E-state index >= 15 is 0 Å². The predicted molar refractivity (Wildman–Crippen MR) is 98.3 cm³/mol. The summed E-state index contributed by atoms with van der Waals surface area (Å²) in [5.41, 5.74) is 1.26. The zero-order valence-corrected chi connectivity index (χ0v) is 14.7. The highest BCUT2D eigenvalue weighted by Crippen LogP contribution is 2.20. The Morgan fingerprint density at radius 2 is 1.87 bits per heavy atom. The number of hydrogen-bond donors (Lipinski definition) is 0. The van der Waals surface area contributed by atoms with Gasteiger partial charge in [0.15, 0.2) is 0 Å². The molecule has 3 rings (SSSR count). The lowest BCUT2D eigenvalue weighted by Crippen LogP contribution is -2.31. The SMILES string of the molecule is Cc1ccc(CN(CCc2ccccc2)C(=O)c2cccs2)s1. The number of rotatable bonds is 6. The predicted octanol–water partition coefficient (Wildman–Crippen LogP) is 5.00. The Morgan fingerprint density at radius 1 is 1.04 bits per heavy atom. The van der Waals surface area contributed by atoms with Crippen molar-refractivity contribution in [3.05, 3.63) is 80.2 Å². The van der Waals surface area contributed by atoms with Crippen molar-refractivity contribution in [1.82, 2.24) is 4.90 Å². The van der Waals surface area contributed by atoms with E-state index in [9.17, 15) is 4.79 Å². The van der Waals surface area contributed by atoms with Gasteiger partial charge in [-0.25, -0.2) is 0 Å². The van der Waals surface area contributed by atoms with Crippen LogP contribution in [0, 0.1) is 6.92 Å². The Kier molecular flexibility index (Phi) is 5.26. The fourth-order valence-corrected chi connectivity index (χ4v) is 4.07. The molecule has 0 saturated carbocycles. The van der Waals surface area contributed by atoms with E-state index in [1.807, 2.05) is 40.6 Å². The molecule has 3 aromatic rings. The third-order valence-electron chi connectivity index (χ3n) is 3.68. The van der Waals surface area contributed by atoms with E-state index in [4.69, 9.17) is 0 Å². The lowest BCUT2D eigenvalue weighted by atomic mass is 10.1. The summed E-state index contributed by atoms with van der Waals surface area (Å²) in [6, 6.07) is 18.4. The molecule has 1 aromatic carbocycles. The first-order valence-electron chi connectivity index (χ1n) is 7.64. The van der Waals surface area contributed by atoms with Gasteiger partial charge in [-0.3, -0.25) is 4.79 Å². The van der Waals surface area contributed by atoms with Crippen LogP contribution in [0.3, 0.4) is 0 Å². The minimum atomic E-state index is 0.127. The molecular formula is C19H19NOS2. The van der Waals surface area contributed by atoms with E-state index in [0.29, 0.717) is 6.54 Å². The van der Waals surface area contributed by atoms with Crippen LogP contribution in [0.5, 0.6) is 0 Å². The maximum Gasteiger partial charge on any atom is 0.264 e. The van der Waals surface area contributed by atoms with Crippen LogP contribution in [-0.2, 0) is 13.0 Å². The molecule has 1 amide bonds. The van der Waals surface area contributed by atoms with Crippen molar-refractivity contribution in [2.45, 2.75) is 19.9 Å². The maximum atomic E-state index is 12.8. The fraction of sp³-hybridized carbons (Fsp3) is 0.211. The van der Waals surface area contributed by atoms with E-state index in [-0.39, 0.29) is 5.91 Å². The minimum absolute atomic E-state index is 0.127. The van der Waals surface area contributed by atoms with Gasteiger partial charge in [0.1, 0.15) is 0 Å². The van der Waals surface area contributed by atoms with Crippen molar-refractivity contribution in [2.24, 2.45) is 0 Å². The van der Waals surface area contributed by atoms with E-state index in [0.717, 1.165) is 17.8 Å². The van der Waals surface area contributed by atoms with Gasteiger partial charge in [-0.1, -0.05) is 36.4 Å². The van der Waals surface area contributed by atoms with Crippen LogP contribution < -0.4 is 0 Å². The van der Waals surface area contributed by atoms with E-state index in [1.165, 1.54) is 26.7 Å². The van der Waals surface area contributed by atoms with Crippen LogP contribution in [-0.4, -0.2) is 17.4 Å². The number of aryl methyl sites for hydroxylation is 1. The van der Waals surface area contributed by atoms with Crippen LogP contribution in [0.1, 0.15) is 25.0 Å². The van der Waals surface area contributed by atoms with Crippen molar-refractivity contribution < 1.29 is 4.79 Å². The number of amides is 1. The molecular weight excluding hydrogens is 322 g/mol. The second-order valence-electron chi connectivity index (χ2n) is 5.45. The van der Waals surface area contributed by atoms with Gasteiger partial charge in [0.2, 0.25) is 0 Å². The quantitative estimate of drug-likeness (QED) is 0.617. The topological polar surface area (TPSA) is 20.3 Å². The Labute approximate surface area is 145 Å². The molecule has 23 heavy (non-hydrogen) atoms. The Bertz CT molecular complexity index is 747. The van der Waals surface area contributed by atoms with Gasteiger partial charge < -0.3 is 4.90 Å². The molecule has 0 aliphatic carbocycles. The maximum absolute atomic E-state index is 12.8. The monoisotopic (exact) mass is 341 g/mol. The molecule has 0 atom stereocenters. The van der Waals surface area contributed by atoms with Gasteiger partial charge in [0, 0.05) is 16.3 Å². The first-order valence-corrected chi connectivity index (χ1v) is 9.34. The second kappa shape index (κ2) is 7.57. The minimum Gasteiger partial charge on any atom is -0.332 e. The molecule has 0 aliphatic rings. The van der Waals surface area contributed by atoms with Crippen molar-refractivity contribution in [2.75, 3.05) is 6.54 Å². The molecule has 0 radical (unpaired) electrons. The Morgan fingerprint density at radius 3 is 2.52 bits per heavy atom. The van der Waals surface area contributed by atoms with Crippen molar-refractivity contribution in [3.63, 3.8) is 0 Å². The summed E-state index contributed by atoms with van der Waals surface area (Å²) in [5.74, 6) is 0.127. The van der Waals surface area contributed by atoms with Gasteiger partial charge in [0.05, 0.1) is 11.4 Å². The molecule has 0 unspecified atom stereocenters. The zero-order chi connectivity index (χ0) is 16.1. The first kappa shape index (κ1) is 16.0. The van der Waals surface area contributed by atoms with Gasteiger partial charge in [-0.2, -0.15) is 0 Å². The van der Waals surface area contributed by atoms with Crippen molar-refractivity contribution >= 4 is 28.6 Å². The van der Waals surface area contributed by atoms with Gasteiger partial charge in [-0.15, -0.1) is 22.7 Å². The summed E-state index contributed by atoms with van der Waals surface area (Å²) in [4.78, 5) is 18.1. The molecule has 0 aliphatic heterocycles. The normalized spacial score (nSPS) is 10.7. The van der Waals surface area contributed by atoms with E-state index in [1.54, 1.807) is 11.3 Å². The Balaban J connectivity index is 1.74. The third-order valence-corrected chi connectivity index (χ3v) is 5.52. The van der Waals surface area contributed by atoms with E-state index < -0.39 is 0 Å². The number of thiophene rings is 2. The lowest BCUT2D eigenvalue weighted by Gasteiger charge is -2.21. The molecule has 2 aromatic heterocycles. The number of carbonyl (C=O) groups is 1. The highest BCUT2D eigenvalue weighted by atomic mass is 32.1. The van der Waals surface area contributed by atoms with Crippen LogP contribution in [0.2, 0.25) is 0 Å². The van der Waals surface area contributed by atoms with E-state index in [2.05, 4.69) is 31.2 Å². The van der Waals surface area contributed by atoms with Gasteiger partial charge in [0.25, 0.3) is 5.91 Å². The molecule has 2 nitrogen and oxygen atoms in total. The number of carbonyl (C=O) groups excluding carboxylic acids is 1. The summed E-state index contributed by atoms with van der Waals surface area (Å²) in [7, 11) is 0.